The molecule has 0 heterocycles. The van der Waals surface area contributed by atoms with Gasteiger partial charge in [0.2, 0.25) is 11.8 Å². The average Bonchev–Trinajstić information content (AvgIpc) is 2.41. The van der Waals surface area contributed by atoms with Crippen LogP contribution in [0.15, 0.2) is 25.3 Å². The molecule has 0 spiro atoms. The SMILES string of the molecule is C=CC(=O)NC(OCCC)C(NC(=O)C=C)OC(C)C. The van der Waals surface area contributed by atoms with Crippen molar-refractivity contribution in [3.05, 3.63) is 25.3 Å². The van der Waals surface area contributed by atoms with E-state index in [-0.39, 0.29) is 6.10 Å². The number of rotatable bonds is 10. The Morgan fingerprint density at radius 1 is 1.10 bits per heavy atom. The van der Waals surface area contributed by atoms with Gasteiger partial charge in [0.15, 0.2) is 12.5 Å². The lowest BCUT2D eigenvalue weighted by atomic mass is 10.3. The summed E-state index contributed by atoms with van der Waals surface area (Å²) in [4.78, 5) is 22.9. The Hall–Kier alpha value is -1.66. The highest BCUT2D eigenvalue weighted by atomic mass is 16.6. The number of nitrogens with one attached hydrogen (secondary N) is 2. The van der Waals surface area contributed by atoms with Crippen LogP contribution in [-0.2, 0) is 19.1 Å². The normalized spacial score (nSPS) is 13.4. The summed E-state index contributed by atoms with van der Waals surface area (Å²) in [6.07, 6.45) is 1.26. The van der Waals surface area contributed by atoms with Crippen LogP contribution in [0.3, 0.4) is 0 Å². The zero-order chi connectivity index (χ0) is 15.5. The molecule has 0 bridgehead atoms. The van der Waals surface area contributed by atoms with Crippen molar-refractivity contribution < 1.29 is 19.1 Å². The van der Waals surface area contributed by atoms with Crippen LogP contribution in [0.1, 0.15) is 27.2 Å². The number of ether oxygens (including phenoxy) is 2. The lowest BCUT2D eigenvalue weighted by Crippen LogP contribution is -2.54. The number of amides is 2. The maximum absolute atomic E-state index is 11.4. The first-order valence-corrected chi connectivity index (χ1v) is 6.57. The van der Waals surface area contributed by atoms with Crippen molar-refractivity contribution >= 4 is 11.8 Å². The standard InChI is InChI=1S/C14H24N2O4/c1-6-9-19-13(15-11(17)7-2)14(20-10(4)5)16-12(18)8-3/h7-8,10,13-14H,2-3,6,9H2,1,4-5H3,(H,15,17)(H,16,18). The second-order valence-corrected chi connectivity index (χ2v) is 4.32. The quantitative estimate of drug-likeness (QED) is 0.465. The van der Waals surface area contributed by atoms with Crippen molar-refractivity contribution in [1.82, 2.24) is 10.6 Å². The van der Waals surface area contributed by atoms with Gasteiger partial charge in [-0.3, -0.25) is 9.59 Å². The van der Waals surface area contributed by atoms with Gasteiger partial charge in [-0.05, 0) is 32.4 Å². The molecule has 2 amide bonds. The molecule has 6 heteroatoms. The van der Waals surface area contributed by atoms with Gasteiger partial charge in [0.1, 0.15) is 0 Å². The molecule has 2 atom stereocenters. The molecule has 0 aliphatic heterocycles. The van der Waals surface area contributed by atoms with Gasteiger partial charge in [0.05, 0.1) is 6.10 Å². The monoisotopic (exact) mass is 284 g/mol. The molecule has 0 fully saturated rings. The van der Waals surface area contributed by atoms with Crippen LogP contribution in [-0.4, -0.2) is 37.0 Å². The molecule has 0 aromatic heterocycles. The van der Waals surface area contributed by atoms with Crippen molar-refractivity contribution in [2.45, 2.75) is 45.8 Å². The van der Waals surface area contributed by atoms with Crippen LogP contribution in [0, 0.1) is 0 Å². The van der Waals surface area contributed by atoms with E-state index in [0.29, 0.717) is 6.61 Å². The molecule has 0 aliphatic rings. The molecule has 20 heavy (non-hydrogen) atoms. The summed E-state index contributed by atoms with van der Waals surface area (Å²) in [7, 11) is 0. The summed E-state index contributed by atoms with van der Waals surface area (Å²) in [5.41, 5.74) is 0. The first-order chi connectivity index (χ1) is 9.44. The molecule has 0 radical (unpaired) electrons. The van der Waals surface area contributed by atoms with Gasteiger partial charge < -0.3 is 20.1 Å². The average molecular weight is 284 g/mol. The maximum Gasteiger partial charge on any atom is 0.245 e. The zero-order valence-corrected chi connectivity index (χ0v) is 12.3. The molecule has 6 nitrogen and oxygen atoms in total. The Morgan fingerprint density at radius 2 is 1.60 bits per heavy atom. The molecular formula is C14H24N2O4. The smallest absolute Gasteiger partial charge is 0.245 e. The molecule has 0 aromatic carbocycles. The Balaban J connectivity index is 4.92. The summed E-state index contributed by atoms with van der Waals surface area (Å²) in [5, 5.41) is 5.17. The number of carbonyl (C=O) groups excluding carboxylic acids is 2. The first-order valence-electron chi connectivity index (χ1n) is 6.57. The van der Waals surface area contributed by atoms with Crippen molar-refractivity contribution in [3.63, 3.8) is 0 Å². The lowest BCUT2D eigenvalue weighted by Gasteiger charge is -2.29. The van der Waals surface area contributed by atoms with Crippen LogP contribution in [0.5, 0.6) is 0 Å². The van der Waals surface area contributed by atoms with E-state index in [4.69, 9.17) is 9.47 Å². The van der Waals surface area contributed by atoms with E-state index in [1.54, 1.807) is 0 Å². The van der Waals surface area contributed by atoms with Gasteiger partial charge in [-0.15, -0.1) is 0 Å². The molecule has 0 saturated heterocycles. The minimum Gasteiger partial charge on any atom is -0.354 e. The van der Waals surface area contributed by atoms with E-state index < -0.39 is 24.3 Å². The topological polar surface area (TPSA) is 76.7 Å². The summed E-state index contributed by atoms with van der Waals surface area (Å²) < 4.78 is 11.1. The van der Waals surface area contributed by atoms with E-state index in [1.165, 1.54) is 0 Å². The molecule has 2 N–H and O–H groups in total. The molecule has 2 unspecified atom stereocenters. The third kappa shape index (κ3) is 7.70. The molecule has 0 rings (SSSR count). The Bertz CT molecular complexity index is 342. The highest BCUT2D eigenvalue weighted by Gasteiger charge is 2.26. The Kier molecular flexibility index (Phi) is 9.32. The number of hydrogen-bond donors (Lipinski definition) is 2. The fraction of sp³-hybridized carbons (Fsp3) is 0.571. The number of hydrogen-bond acceptors (Lipinski definition) is 4. The lowest BCUT2D eigenvalue weighted by molar-refractivity contribution is -0.146. The molecule has 0 aliphatic carbocycles. The van der Waals surface area contributed by atoms with Crippen molar-refractivity contribution in [2.24, 2.45) is 0 Å². The second kappa shape index (κ2) is 10.2. The van der Waals surface area contributed by atoms with Gasteiger partial charge in [-0.1, -0.05) is 20.1 Å². The van der Waals surface area contributed by atoms with Crippen LogP contribution in [0.25, 0.3) is 0 Å². The fourth-order valence-corrected chi connectivity index (χ4v) is 1.32. The van der Waals surface area contributed by atoms with E-state index in [2.05, 4.69) is 23.8 Å². The summed E-state index contributed by atoms with van der Waals surface area (Å²) in [6, 6.07) is 0. The van der Waals surface area contributed by atoms with E-state index >= 15 is 0 Å². The minimum absolute atomic E-state index is 0.154. The fourth-order valence-electron chi connectivity index (χ4n) is 1.32. The predicted octanol–water partition coefficient (Wildman–Crippen LogP) is 1.09. The van der Waals surface area contributed by atoms with Crippen LogP contribution in [0.2, 0.25) is 0 Å². The Morgan fingerprint density at radius 3 is 2.00 bits per heavy atom. The van der Waals surface area contributed by atoms with Gasteiger partial charge in [0.25, 0.3) is 0 Å². The molecule has 0 saturated carbocycles. The first kappa shape index (κ1) is 18.3. The number of carbonyl (C=O) groups is 2. The molecular weight excluding hydrogens is 260 g/mol. The second-order valence-electron chi connectivity index (χ2n) is 4.32. The maximum atomic E-state index is 11.4. The van der Waals surface area contributed by atoms with Crippen molar-refractivity contribution in [2.75, 3.05) is 6.61 Å². The molecule has 0 aromatic rings. The third-order valence-corrected chi connectivity index (χ3v) is 2.14. The van der Waals surface area contributed by atoms with E-state index in [9.17, 15) is 9.59 Å². The van der Waals surface area contributed by atoms with Gasteiger partial charge >= 0.3 is 0 Å². The third-order valence-electron chi connectivity index (χ3n) is 2.14. The van der Waals surface area contributed by atoms with Crippen LogP contribution in [0.4, 0.5) is 0 Å². The summed E-state index contributed by atoms with van der Waals surface area (Å²) >= 11 is 0. The molecule has 114 valence electrons. The summed E-state index contributed by atoms with van der Waals surface area (Å²) in [6.45, 7) is 12.8. The van der Waals surface area contributed by atoms with Crippen molar-refractivity contribution in [1.29, 1.82) is 0 Å². The van der Waals surface area contributed by atoms with Gasteiger partial charge in [-0.2, -0.15) is 0 Å². The zero-order valence-electron chi connectivity index (χ0n) is 12.3. The Labute approximate surface area is 120 Å². The van der Waals surface area contributed by atoms with Crippen LogP contribution >= 0.6 is 0 Å². The highest BCUT2D eigenvalue weighted by molar-refractivity contribution is 5.88. The van der Waals surface area contributed by atoms with Crippen LogP contribution < -0.4 is 10.6 Å². The minimum atomic E-state index is -0.809. The van der Waals surface area contributed by atoms with E-state index in [0.717, 1.165) is 18.6 Å². The largest absolute Gasteiger partial charge is 0.354 e. The van der Waals surface area contributed by atoms with Gasteiger partial charge in [-0.25, -0.2) is 0 Å². The van der Waals surface area contributed by atoms with E-state index in [1.807, 2.05) is 20.8 Å². The summed E-state index contributed by atoms with van der Waals surface area (Å²) in [5.74, 6) is -0.815. The highest BCUT2D eigenvalue weighted by Crippen LogP contribution is 2.04. The predicted molar refractivity (Wildman–Crippen MR) is 76.7 cm³/mol. The van der Waals surface area contributed by atoms with Crippen molar-refractivity contribution in [3.8, 4) is 0 Å². The van der Waals surface area contributed by atoms with Gasteiger partial charge in [0, 0.05) is 6.61 Å².